The lowest BCUT2D eigenvalue weighted by atomic mass is 10.2. The maximum absolute atomic E-state index is 13.5. The van der Waals surface area contributed by atoms with Crippen LogP contribution in [0, 0.1) is 12.7 Å². The van der Waals surface area contributed by atoms with Crippen molar-refractivity contribution in [2.75, 3.05) is 5.75 Å². The molecule has 0 heterocycles. The van der Waals surface area contributed by atoms with Gasteiger partial charge in [-0.2, -0.15) is 5.10 Å². The molecule has 2 aromatic carbocycles. The molecule has 1 N–H and O–H groups in total. The summed E-state index contributed by atoms with van der Waals surface area (Å²) in [6.45, 7) is 2.00. The predicted octanol–water partition coefficient (Wildman–Crippen LogP) is 4.03. The number of carbonyl (C=O) groups excluding carboxylic acids is 1. The van der Waals surface area contributed by atoms with Crippen LogP contribution in [0.1, 0.15) is 11.1 Å². The van der Waals surface area contributed by atoms with Crippen molar-refractivity contribution in [2.45, 2.75) is 11.8 Å². The highest BCUT2D eigenvalue weighted by atomic mass is 35.5. The van der Waals surface area contributed by atoms with Crippen molar-refractivity contribution in [3.05, 3.63) is 64.4 Å². The van der Waals surface area contributed by atoms with E-state index >= 15 is 0 Å². The maximum atomic E-state index is 13.5. The number of nitrogens with one attached hydrogen (secondary N) is 1. The molecule has 0 aliphatic carbocycles. The highest BCUT2D eigenvalue weighted by Gasteiger charge is 2.05. The molecule has 0 aliphatic heterocycles. The predicted molar refractivity (Wildman–Crippen MR) is 89.0 cm³/mol. The number of hydrogen-bond acceptors (Lipinski definition) is 3. The zero-order valence-electron chi connectivity index (χ0n) is 11.8. The lowest BCUT2D eigenvalue weighted by Gasteiger charge is -2.02. The number of aryl methyl sites for hydroxylation is 1. The molecule has 114 valence electrons. The van der Waals surface area contributed by atoms with Crippen LogP contribution >= 0.6 is 23.4 Å². The largest absolute Gasteiger partial charge is 0.272 e. The van der Waals surface area contributed by atoms with E-state index in [9.17, 15) is 9.18 Å². The number of carbonyl (C=O) groups is 1. The van der Waals surface area contributed by atoms with Gasteiger partial charge in [0.15, 0.2) is 0 Å². The van der Waals surface area contributed by atoms with E-state index in [4.69, 9.17) is 11.6 Å². The number of thioether (sulfide) groups is 1. The Morgan fingerprint density at radius 1 is 1.32 bits per heavy atom. The molecule has 0 fully saturated rings. The molecular formula is C16H14ClFN2OS. The number of hydrazone groups is 1. The van der Waals surface area contributed by atoms with Crippen LogP contribution in [0.4, 0.5) is 4.39 Å². The zero-order valence-corrected chi connectivity index (χ0v) is 13.4. The van der Waals surface area contributed by atoms with E-state index in [-0.39, 0.29) is 22.2 Å². The number of amides is 1. The van der Waals surface area contributed by atoms with E-state index in [0.717, 1.165) is 4.90 Å². The van der Waals surface area contributed by atoms with E-state index in [1.807, 2.05) is 31.2 Å². The van der Waals surface area contributed by atoms with Gasteiger partial charge in [-0.05, 0) is 31.2 Å². The first-order valence-electron chi connectivity index (χ1n) is 6.51. The first kappa shape index (κ1) is 16.5. The van der Waals surface area contributed by atoms with Gasteiger partial charge in [0.05, 0.1) is 17.0 Å². The van der Waals surface area contributed by atoms with E-state index in [2.05, 4.69) is 10.5 Å². The molecule has 0 saturated carbocycles. The van der Waals surface area contributed by atoms with Crippen molar-refractivity contribution in [3.63, 3.8) is 0 Å². The fraction of sp³-hybridized carbons (Fsp3) is 0.125. The molecule has 3 nitrogen and oxygen atoms in total. The van der Waals surface area contributed by atoms with Gasteiger partial charge in [-0.3, -0.25) is 4.79 Å². The highest BCUT2D eigenvalue weighted by Crippen LogP contribution is 2.18. The average molecular weight is 337 g/mol. The van der Waals surface area contributed by atoms with Crippen LogP contribution in [-0.4, -0.2) is 17.9 Å². The minimum atomic E-state index is -0.487. The lowest BCUT2D eigenvalue weighted by molar-refractivity contribution is -0.118. The molecule has 0 aliphatic rings. The van der Waals surface area contributed by atoms with Crippen LogP contribution in [0.25, 0.3) is 0 Å². The van der Waals surface area contributed by atoms with Crippen LogP contribution < -0.4 is 5.43 Å². The zero-order chi connectivity index (χ0) is 15.9. The summed E-state index contributed by atoms with van der Waals surface area (Å²) >= 11 is 7.25. The molecule has 0 unspecified atom stereocenters. The second kappa shape index (κ2) is 7.96. The molecule has 0 atom stereocenters. The van der Waals surface area contributed by atoms with Gasteiger partial charge in [0, 0.05) is 10.5 Å². The van der Waals surface area contributed by atoms with Crippen LogP contribution in [0.5, 0.6) is 0 Å². The lowest BCUT2D eigenvalue weighted by Crippen LogP contribution is -2.19. The summed E-state index contributed by atoms with van der Waals surface area (Å²) in [5, 5.41) is 3.97. The fourth-order valence-electron chi connectivity index (χ4n) is 1.62. The Morgan fingerprint density at radius 2 is 2.05 bits per heavy atom. The third-order valence-electron chi connectivity index (χ3n) is 2.77. The van der Waals surface area contributed by atoms with E-state index in [1.54, 1.807) is 6.07 Å². The molecule has 0 bridgehead atoms. The first-order valence-corrected chi connectivity index (χ1v) is 7.88. The normalized spacial score (nSPS) is 10.9. The van der Waals surface area contributed by atoms with Crippen molar-refractivity contribution in [3.8, 4) is 0 Å². The van der Waals surface area contributed by atoms with Gasteiger partial charge in [-0.15, -0.1) is 11.8 Å². The van der Waals surface area contributed by atoms with Gasteiger partial charge in [0.25, 0.3) is 0 Å². The molecule has 0 saturated heterocycles. The summed E-state index contributed by atoms with van der Waals surface area (Å²) in [7, 11) is 0. The van der Waals surface area contributed by atoms with E-state index < -0.39 is 5.82 Å². The van der Waals surface area contributed by atoms with E-state index in [1.165, 1.54) is 35.7 Å². The average Bonchev–Trinajstić information content (AvgIpc) is 2.50. The van der Waals surface area contributed by atoms with E-state index in [0.29, 0.717) is 0 Å². The molecule has 0 spiro atoms. The number of halogens is 2. The summed E-state index contributed by atoms with van der Waals surface area (Å²) in [5.74, 6) is -0.528. The first-order chi connectivity index (χ1) is 10.6. The van der Waals surface area contributed by atoms with Gasteiger partial charge in [-0.1, -0.05) is 35.4 Å². The second-order valence-electron chi connectivity index (χ2n) is 4.53. The van der Waals surface area contributed by atoms with Crippen molar-refractivity contribution in [1.82, 2.24) is 5.43 Å². The van der Waals surface area contributed by atoms with Crippen LogP contribution in [0.3, 0.4) is 0 Å². The number of rotatable bonds is 5. The Balaban J connectivity index is 1.85. The molecule has 0 aromatic heterocycles. The second-order valence-corrected chi connectivity index (χ2v) is 5.99. The Hall–Kier alpha value is -1.85. The number of nitrogens with zero attached hydrogens (tertiary/aromatic N) is 1. The van der Waals surface area contributed by atoms with Crippen molar-refractivity contribution in [2.24, 2.45) is 5.10 Å². The number of hydrogen-bond donors (Lipinski definition) is 1. The fourth-order valence-corrected chi connectivity index (χ4v) is 2.52. The Bertz CT molecular complexity index is 669. The van der Waals surface area contributed by atoms with Gasteiger partial charge < -0.3 is 0 Å². The minimum absolute atomic E-state index is 0.149. The minimum Gasteiger partial charge on any atom is -0.272 e. The van der Waals surface area contributed by atoms with Crippen LogP contribution in [-0.2, 0) is 4.79 Å². The highest BCUT2D eigenvalue weighted by molar-refractivity contribution is 8.00. The molecule has 2 rings (SSSR count). The summed E-state index contributed by atoms with van der Waals surface area (Å²) in [6, 6.07) is 12.2. The molecule has 1 amide bonds. The SMILES string of the molecule is Cc1ccc(SCC(=O)N/N=C\c2c(F)cccc2Cl)cc1. The van der Waals surface area contributed by atoms with Gasteiger partial charge in [-0.25, -0.2) is 9.82 Å². The monoisotopic (exact) mass is 336 g/mol. The van der Waals surface area contributed by atoms with Gasteiger partial charge in [0.1, 0.15) is 5.82 Å². The summed E-state index contributed by atoms with van der Waals surface area (Å²) in [6.07, 6.45) is 1.20. The standard InChI is InChI=1S/C16H14ClFN2OS/c1-11-5-7-12(8-6-11)22-10-16(21)20-19-9-13-14(17)3-2-4-15(13)18/h2-9H,10H2,1H3,(H,20,21)/b19-9-. The maximum Gasteiger partial charge on any atom is 0.250 e. The molecule has 6 heteroatoms. The molecule has 2 aromatic rings. The van der Waals surface area contributed by atoms with Gasteiger partial charge in [0.2, 0.25) is 5.91 Å². The Kier molecular flexibility index (Phi) is 5.98. The summed E-state index contributed by atoms with van der Waals surface area (Å²) in [4.78, 5) is 12.7. The van der Waals surface area contributed by atoms with Crippen molar-refractivity contribution in [1.29, 1.82) is 0 Å². The third kappa shape index (κ3) is 4.86. The molecular weight excluding hydrogens is 323 g/mol. The third-order valence-corrected chi connectivity index (χ3v) is 4.12. The molecule has 22 heavy (non-hydrogen) atoms. The summed E-state index contributed by atoms with van der Waals surface area (Å²) in [5.41, 5.74) is 3.67. The van der Waals surface area contributed by atoms with Crippen LogP contribution in [0.15, 0.2) is 52.5 Å². The van der Waals surface area contributed by atoms with Crippen LogP contribution in [0.2, 0.25) is 5.02 Å². The molecule has 0 radical (unpaired) electrons. The smallest absolute Gasteiger partial charge is 0.250 e. The number of benzene rings is 2. The van der Waals surface area contributed by atoms with Crippen molar-refractivity contribution < 1.29 is 9.18 Å². The Labute approximate surface area is 137 Å². The van der Waals surface area contributed by atoms with Crippen molar-refractivity contribution >= 4 is 35.5 Å². The topological polar surface area (TPSA) is 41.5 Å². The quantitative estimate of drug-likeness (QED) is 0.509. The summed E-state index contributed by atoms with van der Waals surface area (Å²) < 4.78 is 13.5. The Morgan fingerprint density at radius 3 is 2.73 bits per heavy atom. The van der Waals surface area contributed by atoms with Gasteiger partial charge >= 0.3 is 0 Å².